The van der Waals surface area contributed by atoms with E-state index in [0.29, 0.717) is 38.3 Å². The summed E-state index contributed by atoms with van der Waals surface area (Å²) in [7, 11) is 3.57. The molecular formula is C30H44N6O5. The Balaban J connectivity index is 1.13. The summed E-state index contributed by atoms with van der Waals surface area (Å²) in [6, 6.07) is 6.10. The Kier molecular flexibility index (Phi) is 9.57. The number of nitrogens with zero attached hydrogens (tertiary/aromatic N) is 4. The Labute approximate surface area is 242 Å². The topological polar surface area (TPSA) is 115 Å². The predicted octanol–water partition coefficient (Wildman–Crippen LogP) is 1.07. The van der Waals surface area contributed by atoms with E-state index in [1.54, 1.807) is 7.05 Å². The molecule has 4 aliphatic heterocycles. The second-order valence-corrected chi connectivity index (χ2v) is 11.9. The van der Waals surface area contributed by atoms with E-state index in [1.165, 1.54) is 24.3 Å². The molecule has 11 heteroatoms. The van der Waals surface area contributed by atoms with Gasteiger partial charge in [0.25, 0.3) is 0 Å². The number of anilines is 2. The lowest BCUT2D eigenvalue weighted by Gasteiger charge is -2.38. The van der Waals surface area contributed by atoms with Crippen molar-refractivity contribution in [3.63, 3.8) is 0 Å². The van der Waals surface area contributed by atoms with E-state index < -0.39 is 6.04 Å². The number of amides is 4. The van der Waals surface area contributed by atoms with Gasteiger partial charge in [0.2, 0.25) is 24.1 Å². The number of nitrogens with one attached hydrogen (secondary N) is 2. The van der Waals surface area contributed by atoms with Crippen LogP contribution in [-0.2, 0) is 23.9 Å². The smallest absolute Gasteiger partial charge is 0.249 e. The molecule has 41 heavy (non-hydrogen) atoms. The van der Waals surface area contributed by atoms with Crippen molar-refractivity contribution in [2.24, 2.45) is 0 Å². The minimum Gasteiger partial charge on any atom is -0.375 e. The highest BCUT2D eigenvalue weighted by atomic mass is 16.5. The number of hydrogen-bond donors (Lipinski definition) is 2. The first-order chi connectivity index (χ1) is 19.8. The van der Waals surface area contributed by atoms with Crippen molar-refractivity contribution in [2.45, 2.75) is 69.1 Å². The Hall–Kier alpha value is -3.02. The molecule has 4 fully saturated rings. The Bertz CT molecular complexity index is 1110. The molecule has 0 aromatic heterocycles. The summed E-state index contributed by atoms with van der Waals surface area (Å²) in [6.07, 6.45) is 7.19. The molecule has 5 rings (SSSR count). The van der Waals surface area contributed by atoms with Crippen LogP contribution in [0.4, 0.5) is 11.4 Å². The molecular weight excluding hydrogens is 524 g/mol. The van der Waals surface area contributed by atoms with Crippen molar-refractivity contribution in [1.82, 2.24) is 20.4 Å². The Morgan fingerprint density at radius 2 is 1.95 bits per heavy atom. The van der Waals surface area contributed by atoms with Crippen LogP contribution in [0, 0.1) is 0 Å². The molecule has 1 aromatic rings. The van der Waals surface area contributed by atoms with Gasteiger partial charge >= 0.3 is 0 Å². The molecule has 0 saturated carbocycles. The number of carbonyl (C=O) groups excluding carboxylic acids is 4. The van der Waals surface area contributed by atoms with Gasteiger partial charge in [0.05, 0.1) is 30.6 Å². The first-order valence-corrected chi connectivity index (χ1v) is 15.1. The number of likely N-dealkylation sites (tertiary alicyclic amines) is 1. The van der Waals surface area contributed by atoms with Gasteiger partial charge in [-0.25, -0.2) is 0 Å². The molecule has 0 radical (unpaired) electrons. The Morgan fingerprint density at radius 3 is 2.68 bits per heavy atom. The lowest BCUT2D eigenvalue weighted by atomic mass is 9.86. The average Bonchev–Trinajstić information content (AvgIpc) is 3.57. The zero-order valence-electron chi connectivity index (χ0n) is 24.3. The number of para-hydroxylation sites is 1. The second kappa shape index (κ2) is 13.3. The highest BCUT2D eigenvalue weighted by molar-refractivity contribution is 6.02. The van der Waals surface area contributed by atoms with Crippen molar-refractivity contribution in [3.8, 4) is 0 Å². The minimum absolute atomic E-state index is 0.0203. The highest BCUT2D eigenvalue weighted by Gasteiger charge is 2.36. The molecule has 11 nitrogen and oxygen atoms in total. The fourth-order valence-corrected chi connectivity index (χ4v) is 7.05. The van der Waals surface area contributed by atoms with E-state index in [-0.39, 0.29) is 30.1 Å². The minimum atomic E-state index is -0.494. The summed E-state index contributed by atoms with van der Waals surface area (Å²) in [5.74, 6) is -0.327. The number of carbonyl (C=O) groups is 4. The van der Waals surface area contributed by atoms with Crippen LogP contribution in [0.15, 0.2) is 18.2 Å². The van der Waals surface area contributed by atoms with Gasteiger partial charge in [-0.05, 0) is 75.7 Å². The fraction of sp³-hybridized carbons (Fsp3) is 0.667. The molecule has 3 atom stereocenters. The van der Waals surface area contributed by atoms with Crippen molar-refractivity contribution in [3.05, 3.63) is 23.8 Å². The van der Waals surface area contributed by atoms with E-state index >= 15 is 0 Å². The van der Waals surface area contributed by atoms with Crippen LogP contribution in [0.25, 0.3) is 0 Å². The summed E-state index contributed by atoms with van der Waals surface area (Å²) in [4.78, 5) is 56.9. The molecule has 0 aliphatic carbocycles. The number of imide groups is 1. The number of benzene rings is 1. The summed E-state index contributed by atoms with van der Waals surface area (Å²) >= 11 is 0. The quantitative estimate of drug-likeness (QED) is 0.232. The largest absolute Gasteiger partial charge is 0.375 e. The number of piperidine rings is 2. The third kappa shape index (κ3) is 6.90. The fourth-order valence-electron chi connectivity index (χ4n) is 7.05. The SMILES string of the molecule is CN(C=O)c1cccc(C2CCN(CC(=O)NCCOC3CC4CCCN4C3)CC2)c1N(C)C1CCC(=O)NC1=O. The molecule has 3 unspecified atom stereocenters. The molecule has 0 spiro atoms. The normalized spacial score (nSPS) is 25.6. The van der Waals surface area contributed by atoms with Crippen LogP contribution in [0.2, 0.25) is 0 Å². The molecule has 4 heterocycles. The van der Waals surface area contributed by atoms with Gasteiger partial charge in [-0.1, -0.05) is 12.1 Å². The molecule has 4 amide bonds. The van der Waals surface area contributed by atoms with Crippen LogP contribution >= 0.6 is 0 Å². The maximum atomic E-state index is 12.7. The van der Waals surface area contributed by atoms with Gasteiger partial charge in [0, 0.05) is 39.6 Å². The van der Waals surface area contributed by atoms with E-state index in [9.17, 15) is 19.2 Å². The number of rotatable bonds is 11. The van der Waals surface area contributed by atoms with E-state index in [2.05, 4.69) is 26.5 Å². The summed E-state index contributed by atoms with van der Waals surface area (Å²) < 4.78 is 6.02. The standard InChI is InChI=1S/C30H44N6O5/c1-33(20-37)25-7-3-6-24(29(25)34(2)26-8-9-27(38)32-30(26)40)21-10-14-35(15-11-21)19-28(39)31-12-16-41-23-17-22-5-4-13-36(22)18-23/h3,6-7,20-23,26H,4-5,8-19H2,1-2H3,(H,31,39)(H,32,38,40). The van der Waals surface area contributed by atoms with Gasteiger partial charge in [0.15, 0.2) is 0 Å². The molecule has 2 N–H and O–H groups in total. The Morgan fingerprint density at radius 1 is 1.15 bits per heavy atom. The number of hydrogen-bond acceptors (Lipinski definition) is 8. The zero-order valence-corrected chi connectivity index (χ0v) is 24.3. The monoisotopic (exact) mass is 568 g/mol. The van der Waals surface area contributed by atoms with Crippen molar-refractivity contribution in [2.75, 3.05) is 69.8 Å². The van der Waals surface area contributed by atoms with E-state index in [1.807, 2.05) is 24.1 Å². The number of likely N-dealkylation sites (N-methyl/N-ethyl adjacent to an activating group) is 1. The third-order valence-corrected chi connectivity index (χ3v) is 9.26. The molecule has 224 valence electrons. The average molecular weight is 569 g/mol. The zero-order chi connectivity index (χ0) is 28.9. The summed E-state index contributed by atoms with van der Waals surface area (Å²) in [5, 5.41) is 5.46. The van der Waals surface area contributed by atoms with Gasteiger partial charge in [-0.3, -0.25) is 34.3 Å². The maximum absolute atomic E-state index is 12.7. The van der Waals surface area contributed by atoms with Gasteiger partial charge in [-0.15, -0.1) is 0 Å². The first kappa shape index (κ1) is 29.5. The molecule has 1 aromatic carbocycles. The van der Waals surface area contributed by atoms with Crippen LogP contribution < -0.4 is 20.4 Å². The highest BCUT2D eigenvalue weighted by Crippen LogP contribution is 2.41. The second-order valence-electron chi connectivity index (χ2n) is 11.9. The molecule has 4 aliphatic rings. The van der Waals surface area contributed by atoms with Crippen molar-refractivity contribution < 1.29 is 23.9 Å². The first-order valence-electron chi connectivity index (χ1n) is 15.1. The lowest BCUT2D eigenvalue weighted by Crippen LogP contribution is -2.52. The predicted molar refractivity (Wildman–Crippen MR) is 156 cm³/mol. The maximum Gasteiger partial charge on any atom is 0.249 e. The molecule has 0 bridgehead atoms. The number of ether oxygens (including phenoxy) is 1. The molecule has 4 saturated heterocycles. The summed E-state index contributed by atoms with van der Waals surface area (Å²) in [5.41, 5.74) is 2.65. The van der Waals surface area contributed by atoms with Crippen LogP contribution in [0.3, 0.4) is 0 Å². The van der Waals surface area contributed by atoms with Crippen LogP contribution in [-0.4, -0.2) is 112 Å². The number of fused-ring (bicyclic) bond motifs is 1. The lowest BCUT2D eigenvalue weighted by molar-refractivity contribution is -0.134. The third-order valence-electron chi connectivity index (χ3n) is 9.26. The van der Waals surface area contributed by atoms with E-state index in [4.69, 9.17) is 4.74 Å². The van der Waals surface area contributed by atoms with Gasteiger partial charge in [0.1, 0.15) is 6.04 Å². The summed E-state index contributed by atoms with van der Waals surface area (Å²) in [6.45, 7) is 5.22. The van der Waals surface area contributed by atoms with Crippen LogP contribution in [0.5, 0.6) is 0 Å². The van der Waals surface area contributed by atoms with Crippen molar-refractivity contribution in [1.29, 1.82) is 0 Å². The van der Waals surface area contributed by atoms with Crippen molar-refractivity contribution >= 4 is 35.5 Å². The van der Waals surface area contributed by atoms with Crippen LogP contribution in [0.1, 0.15) is 56.4 Å². The van der Waals surface area contributed by atoms with E-state index in [0.717, 1.165) is 62.2 Å². The van der Waals surface area contributed by atoms with Gasteiger partial charge in [-0.2, -0.15) is 0 Å². The van der Waals surface area contributed by atoms with Gasteiger partial charge < -0.3 is 19.9 Å².